The van der Waals surface area contributed by atoms with E-state index >= 15 is 0 Å². The molecule has 1 aliphatic rings. The lowest BCUT2D eigenvalue weighted by Crippen LogP contribution is -2.27. The summed E-state index contributed by atoms with van der Waals surface area (Å²) in [6.45, 7) is 9.37. The molecule has 0 aromatic heterocycles. The second-order valence-corrected chi connectivity index (χ2v) is 8.70. The number of aryl methyl sites for hydroxylation is 2. The smallest absolute Gasteiger partial charge is 0.266 e. The predicted molar refractivity (Wildman–Crippen MR) is 128 cm³/mol. The Morgan fingerprint density at radius 1 is 1.07 bits per heavy atom. The number of benzene rings is 2. The van der Waals surface area contributed by atoms with Crippen LogP contribution in [0.1, 0.15) is 23.1 Å². The number of hydrogen-bond donors (Lipinski definition) is 0. The standard InChI is InChI=1S/C24H25NO3S2/c1-4-9-25-23(26)22(30-24(25)29)16-19-7-5-8-20(15-19)27-10-6-11-28-21-13-17(2)12-18(3)14-21/h4-5,7-8,12-16H,1,6,9-11H2,2-3H3. The van der Waals surface area contributed by atoms with E-state index in [2.05, 4.69) is 26.5 Å². The Morgan fingerprint density at radius 3 is 2.47 bits per heavy atom. The third-order valence-corrected chi connectivity index (χ3v) is 5.74. The molecule has 0 radical (unpaired) electrons. The summed E-state index contributed by atoms with van der Waals surface area (Å²) in [5.41, 5.74) is 3.29. The van der Waals surface area contributed by atoms with Gasteiger partial charge in [0.15, 0.2) is 0 Å². The van der Waals surface area contributed by atoms with E-state index in [1.54, 1.807) is 11.0 Å². The van der Waals surface area contributed by atoms with Crippen molar-refractivity contribution in [2.75, 3.05) is 19.8 Å². The van der Waals surface area contributed by atoms with Crippen molar-refractivity contribution in [2.45, 2.75) is 20.3 Å². The number of nitrogens with zero attached hydrogens (tertiary/aromatic N) is 1. The summed E-state index contributed by atoms with van der Waals surface area (Å²) >= 11 is 6.59. The Bertz CT molecular complexity index is 964. The molecule has 0 spiro atoms. The molecule has 30 heavy (non-hydrogen) atoms. The highest BCUT2D eigenvalue weighted by atomic mass is 32.2. The van der Waals surface area contributed by atoms with Gasteiger partial charge in [0.2, 0.25) is 0 Å². The van der Waals surface area contributed by atoms with Gasteiger partial charge in [-0.1, -0.05) is 48.3 Å². The number of carbonyl (C=O) groups is 1. The molecule has 0 aliphatic carbocycles. The van der Waals surface area contributed by atoms with Crippen molar-refractivity contribution in [3.63, 3.8) is 0 Å². The first-order chi connectivity index (χ1) is 14.5. The first-order valence-electron chi connectivity index (χ1n) is 9.76. The number of ether oxygens (including phenoxy) is 2. The average molecular weight is 440 g/mol. The maximum atomic E-state index is 12.5. The Balaban J connectivity index is 1.51. The fourth-order valence-corrected chi connectivity index (χ4v) is 4.36. The lowest BCUT2D eigenvalue weighted by molar-refractivity contribution is -0.121. The van der Waals surface area contributed by atoms with Crippen molar-refractivity contribution in [1.29, 1.82) is 0 Å². The van der Waals surface area contributed by atoms with E-state index in [-0.39, 0.29) is 5.91 Å². The molecule has 0 saturated carbocycles. The summed E-state index contributed by atoms with van der Waals surface area (Å²) in [4.78, 5) is 14.6. The van der Waals surface area contributed by atoms with Gasteiger partial charge >= 0.3 is 0 Å². The van der Waals surface area contributed by atoms with Gasteiger partial charge in [0, 0.05) is 13.0 Å². The molecule has 1 aliphatic heterocycles. The van der Waals surface area contributed by atoms with Crippen LogP contribution < -0.4 is 9.47 Å². The predicted octanol–water partition coefficient (Wildman–Crippen LogP) is 5.54. The molecule has 1 heterocycles. The van der Waals surface area contributed by atoms with Crippen LogP contribution in [0.25, 0.3) is 6.08 Å². The minimum Gasteiger partial charge on any atom is -0.493 e. The van der Waals surface area contributed by atoms with Gasteiger partial charge in [-0.2, -0.15) is 0 Å². The molecule has 0 N–H and O–H groups in total. The molecular formula is C24H25NO3S2. The summed E-state index contributed by atoms with van der Waals surface area (Å²) in [5, 5.41) is 0. The molecule has 0 atom stereocenters. The first kappa shape index (κ1) is 22.1. The van der Waals surface area contributed by atoms with Gasteiger partial charge in [-0.3, -0.25) is 9.69 Å². The number of rotatable bonds is 9. The third-order valence-electron chi connectivity index (χ3n) is 4.36. The number of hydrogen-bond acceptors (Lipinski definition) is 5. The zero-order chi connectivity index (χ0) is 21.5. The summed E-state index contributed by atoms with van der Waals surface area (Å²) < 4.78 is 12.2. The normalized spacial score (nSPS) is 15.0. The third kappa shape index (κ3) is 5.97. The molecule has 2 aromatic carbocycles. The highest BCUT2D eigenvalue weighted by molar-refractivity contribution is 8.26. The zero-order valence-corrected chi connectivity index (χ0v) is 18.9. The number of carbonyl (C=O) groups excluding carboxylic acids is 1. The highest BCUT2D eigenvalue weighted by Crippen LogP contribution is 2.32. The zero-order valence-electron chi connectivity index (χ0n) is 17.2. The van der Waals surface area contributed by atoms with Crippen LogP contribution in [-0.2, 0) is 4.79 Å². The maximum absolute atomic E-state index is 12.5. The van der Waals surface area contributed by atoms with Crippen LogP contribution in [-0.4, -0.2) is 34.9 Å². The molecule has 0 unspecified atom stereocenters. The average Bonchev–Trinajstić information content (AvgIpc) is 2.95. The van der Waals surface area contributed by atoms with Gasteiger partial charge in [0.05, 0.1) is 18.1 Å². The minimum atomic E-state index is -0.0836. The number of thiocarbonyl (C=S) groups is 1. The van der Waals surface area contributed by atoms with Gasteiger partial charge in [0.25, 0.3) is 5.91 Å². The van der Waals surface area contributed by atoms with Crippen molar-refractivity contribution in [3.8, 4) is 11.5 Å². The maximum Gasteiger partial charge on any atom is 0.266 e. The van der Waals surface area contributed by atoms with Gasteiger partial charge in [0.1, 0.15) is 15.8 Å². The van der Waals surface area contributed by atoms with E-state index in [1.807, 2.05) is 42.5 Å². The van der Waals surface area contributed by atoms with Gasteiger partial charge < -0.3 is 9.47 Å². The quantitative estimate of drug-likeness (QED) is 0.222. The van der Waals surface area contributed by atoms with Crippen LogP contribution in [0.4, 0.5) is 0 Å². The van der Waals surface area contributed by atoms with Crippen LogP contribution in [0.2, 0.25) is 0 Å². The van der Waals surface area contributed by atoms with E-state index < -0.39 is 0 Å². The van der Waals surface area contributed by atoms with Crippen LogP contribution in [0.15, 0.2) is 60.0 Å². The Kier molecular flexibility index (Phi) is 7.71. The molecule has 2 aromatic rings. The molecule has 1 amide bonds. The largest absolute Gasteiger partial charge is 0.493 e. The van der Waals surface area contributed by atoms with E-state index in [1.165, 1.54) is 22.9 Å². The summed E-state index contributed by atoms with van der Waals surface area (Å²) in [6.07, 6.45) is 4.29. The molecule has 1 fully saturated rings. The topological polar surface area (TPSA) is 38.8 Å². The van der Waals surface area contributed by atoms with Crippen LogP contribution in [0, 0.1) is 13.8 Å². The summed E-state index contributed by atoms with van der Waals surface area (Å²) in [6, 6.07) is 13.9. The fourth-order valence-electron chi connectivity index (χ4n) is 3.09. The van der Waals surface area contributed by atoms with Crippen molar-refractivity contribution in [3.05, 3.63) is 76.7 Å². The Labute approximate surface area is 187 Å². The number of thioether (sulfide) groups is 1. The van der Waals surface area contributed by atoms with Crippen molar-refractivity contribution >= 4 is 40.3 Å². The Morgan fingerprint density at radius 2 is 1.77 bits per heavy atom. The van der Waals surface area contributed by atoms with Crippen LogP contribution in [0.3, 0.4) is 0 Å². The first-order valence-corrected chi connectivity index (χ1v) is 11.0. The molecule has 4 nitrogen and oxygen atoms in total. The molecule has 1 saturated heterocycles. The SMILES string of the molecule is C=CCN1C(=O)C(=Cc2cccc(OCCCOc3cc(C)cc(C)c3)c2)SC1=S. The monoisotopic (exact) mass is 439 g/mol. The molecule has 0 bridgehead atoms. The molecular weight excluding hydrogens is 414 g/mol. The van der Waals surface area contributed by atoms with E-state index in [0.29, 0.717) is 29.0 Å². The fraction of sp³-hybridized carbons (Fsp3) is 0.250. The van der Waals surface area contributed by atoms with Gasteiger partial charge in [-0.25, -0.2) is 0 Å². The van der Waals surface area contributed by atoms with Crippen molar-refractivity contribution in [1.82, 2.24) is 4.90 Å². The van der Waals surface area contributed by atoms with E-state index in [4.69, 9.17) is 21.7 Å². The lowest BCUT2D eigenvalue weighted by Gasteiger charge is -2.10. The van der Waals surface area contributed by atoms with E-state index in [0.717, 1.165) is 23.5 Å². The summed E-state index contributed by atoms with van der Waals surface area (Å²) in [5.74, 6) is 1.57. The molecule has 3 rings (SSSR count). The van der Waals surface area contributed by atoms with E-state index in [9.17, 15) is 4.79 Å². The highest BCUT2D eigenvalue weighted by Gasteiger charge is 2.30. The van der Waals surface area contributed by atoms with Gasteiger partial charge in [-0.05, 0) is 60.9 Å². The van der Waals surface area contributed by atoms with Crippen molar-refractivity contribution < 1.29 is 14.3 Å². The summed E-state index contributed by atoms with van der Waals surface area (Å²) in [7, 11) is 0. The molecule has 156 valence electrons. The molecule has 6 heteroatoms. The Hall–Kier alpha value is -2.57. The van der Waals surface area contributed by atoms with Crippen molar-refractivity contribution in [2.24, 2.45) is 0 Å². The van der Waals surface area contributed by atoms with Gasteiger partial charge in [-0.15, -0.1) is 6.58 Å². The second kappa shape index (κ2) is 10.5. The lowest BCUT2D eigenvalue weighted by atomic mass is 10.1. The number of amides is 1. The van der Waals surface area contributed by atoms with Crippen LogP contribution in [0.5, 0.6) is 11.5 Å². The minimum absolute atomic E-state index is 0.0836. The van der Waals surface area contributed by atoms with Crippen LogP contribution >= 0.6 is 24.0 Å². The second-order valence-electron chi connectivity index (χ2n) is 7.03.